The number of benzene rings is 1. The molecule has 1 heterocycles. The number of hydrogen-bond donors (Lipinski definition) is 0. The van der Waals surface area contributed by atoms with Crippen molar-refractivity contribution in [3.8, 4) is 0 Å². The maximum absolute atomic E-state index is 5.76. The number of fused-ring (bicyclic) bond motifs is 3. The van der Waals surface area contributed by atoms with E-state index in [1.807, 2.05) is 0 Å². The Morgan fingerprint density at radius 2 is 2.23 bits per heavy atom. The highest BCUT2D eigenvalue weighted by molar-refractivity contribution is 7.99. The lowest BCUT2D eigenvalue weighted by Gasteiger charge is -2.25. The number of ether oxygens (including phenoxy) is 1. The molecule has 3 rings (SSSR count). The molecule has 1 aliphatic carbocycles. The van der Waals surface area contributed by atoms with Gasteiger partial charge in [0, 0.05) is 12.2 Å². The van der Waals surface area contributed by atoms with Crippen LogP contribution >= 0.6 is 11.8 Å². The van der Waals surface area contributed by atoms with Crippen molar-refractivity contribution >= 4 is 11.8 Å². The van der Waals surface area contributed by atoms with Crippen molar-refractivity contribution in [1.82, 2.24) is 0 Å². The summed E-state index contributed by atoms with van der Waals surface area (Å²) in [4.78, 5) is 0. The summed E-state index contributed by atoms with van der Waals surface area (Å²) < 4.78 is 5.76. The SMILES string of the molecule is c1ccc2c(c1)C[C@H]1OCCS[C@@H]21. The zero-order valence-electron chi connectivity index (χ0n) is 7.40. The number of hydrogen-bond acceptors (Lipinski definition) is 2. The molecule has 2 heteroatoms. The molecular weight excluding hydrogens is 180 g/mol. The Labute approximate surface area is 82.5 Å². The summed E-state index contributed by atoms with van der Waals surface area (Å²) in [6, 6.07) is 8.75. The smallest absolute Gasteiger partial charge is 0.0775 e. The van der Waals surface area contributed by atoms with Crippen LogP contribution in [-0.4, -0.2) is 18.5 Å². The van der Waals surface area contributed by atoms with E-state index in [0.29, 0.717) is 11.4 Å². The summed E-state index contributed by atoms with van der Waals surface area (Å²) in [6.45, 7) is 0.930. The van der Waals surface area contributed by atoms with Crippen molar-refractivity contribution in [2.24, 2.45) is 0 Å². The Balaban J connectivity index is 2.01. The Morgan fingerprint density at radius 1 is 1.31 bits per heavy atom. The van der Waals surface area contributed by atoms with Crippen LogP contribution in [0.5, 0.6) is 0 Å². The van der Waals surface area contributed by atoms with E-state index < -0.39 is 0 Å². The molecule has 0 unspecified atom stereocenters. The van der Waals surface area contributed by atoms with Crippen LogP contribution in [0.1, 0.15) is 16.4 Å². The highest BCUT2D eigenvalue weighted by atomic mass is 32.2. The molecule has 13 heavy (non-hydrogen) atoms. The third-order valence-corrected chi connectivity index (χ3v) is 4.15. The van der Waals surface area contributed by atoms with Crippen molar-refractivity contribution in [3.63, 3.8) is 0 Å². The number of thioether (sulfide) groups is 1. The van der Waals surface area contributed by atoms with E-state index in [-0.39, 0.29) is 0 Å². The molecule has 1 saturated heterocycles. The summed E-state index contributed by atoms with van der Waals surface area (Å²) in [5.41, 5.74) is 3.00. The van der Waals surface area contributed by atoms with Crippen molar-refractivity contribution < 1.29 is 4.74 Å². The standard InChI is InChI=1S/C11H12OS/c1-2-4-9-8(3-1)7-10-11(9)13-6-5-12-10/h1-4,10-11H,5-7H2/t10-,11+/m1/s1. The number of rotatable bonds is 0. The molecule has 1 aliphatic heterocycles. The van der Waals surface area contributed by atoms with E-state index in [2.05, 4.69) is 36.0 Å². The quantitative estimate of drug-likeness (QED) is 0.624. The fourth-order valence-electron chi connectivity index (χ4n) is 2.24. The van der Waals surface area contributed by atoms with Crippen LogP contribution in [0, 0.1) is 0 Å². The molecule has 1 aromatic carbocycles. The van der Waals surface area contributed by atoms with E-state index in [1.165, 1.54) is 11.1 Å². The van der Waals surface area contributed by atoms with Gasteiger partial charge in [0.1, 0.15) is 0 Å². The topological polar surface area (TPSA) is 9.23 Å². The van der Waals surface area contributed by atoms with Gasteiger partial charge in [0.2, 0.25) is 0 Å². The molecule has 68 valence electrons. The van der Waals surface area contributed by atoms with Crippen molar-refractivity contribution in [1.29, 1.82) is 0 Å². The van der Waals surface area contributed by atoms with E-state index in [1.54, 1.807) is 0 Å². The van der Waals surface area contributed by atoms with Gasteiger partial charge in [-0.15, -0.1) is 11.8 Å². The van der Waals surface area contributed by atoms with Gasteiger partial charge in [-0.2, -0.15) is 0 Å². The van der Waals surface area contributed by atoms with Crippen molar-refractivity contribution in [2.45, 2.75) is 17.8 Å². The average molecular weight is 192 g/mol. The maximum atomic E-state index is 5.76. The molecule has 1 fully saturated rings. The fourth-order valence-corrected chi connectivity index (χ4v) is 3.49. The second-order valence-electron chi connectivity index (χ2n) is 3.60. The van der Waals surface area contributed by atoms with E-state index in [0.717, 1.165) is 18.8 Å². The summed E-state index contributed by atoms with van der Waals surface area (Å²) in [6.07, 6.45) is 1.57. The predicted molar refractivity (Wildman–Crippen MR) is 55.1 cm³/mol. The van der Waals surface area contributed by atoms with Crippen LogP contribution in [0.25, 0.3) is 0 Å². The van der Waals surface area contributed by atoms with Crippen LogP contribution in [0.3, 0.4) is 0 Å². The lowest BCUT2D eigenvalue weighted by Crippen LogP contribution is -2.23. The molecule has 0 saturated carbocycles. The lowest BCUT2D eigenvalue weighted by molar-refractivity contribution is 0.0637. The van der Waals surface area contributed by atoms with Gasteiger partial charge in [0.15, 0.2) is 0 Å². The first-order valence-corrected chi connectivity index (χ1v) is 5.81. The second kappa shape index (κ2) is 3.03. The predicted octanol–water partition coefficient (Wildman–Crippen LogP) is 2.42. The minimum atomic E-state index is 0.455. The van der Waals surface area contributed by atoms with Crippen LogP contribution < -0.4 is 0 Å². The van der Waals surface area contributed by atoms with Crippen LogP contribution in [0.15, 0.2) is 24.3 Å². The van der Waals surface area contributed by atoms with Gasteiger partial charge in [-0.3, -0.25) is 0 Å². The highest BCUT2D eigenvalue weighted by Crippen LogP contribution is 2.44. The highest BCUT2D eigenvalue weighted by Gasteiger charge is 2.35. The minimum absolute atomic E-state index is 0.455. The largest absolute Gasteiger partial charge is 0.376 e. The van der Waals surface area contributed by atoms with Gasteiger partial charge in [-0.25, -0.2) is 0 Å². The zero-order chi connectivity index (χ0) is 8.67. The first kappa shape index (κ1) is 7.89. The summed E-state index contributed by atoms with van der Waals surface area (Å²) in [5, 5.41) is 0.616. The summed E-state index contributed by atoms with van der Waals surface area (Å²) >= 11 is 2.05. The molecular formula is C11H12OS. The fraction of sp³-hybridized carbons (Fsp3) is 0.455. The third-order valence-electron chi connectivity index (χ3n) is 2.83. The molecule has 0 N–H and O–H groups in total. The monoisotopic (exact) mass is 192 g/mol. The normalized spacial score (nSPS) is 31.1. The van der Waals surface area contributed by atoms with Crippen molar-refractivity contribution in [2.75, 3.05) is 12.4 Å². The first-order chi connectivity index (χ1) is 6.45. The van der Waals surface area contributed by atoms with E-state index in [9.17, 15) is 0 Å². The molecule has 1 nitrogen and oxygen atoms in total. The Hall–Kier alpha value is -0.470. The Bertz CT molecular complexity index is 324. The van der Waals surface area contributed by atoms with Gasteiger partial charge >= 0.3 is 0 Å². The third kappa shape index (κ3) is 1.20. The Kier molecular flexibility index (Phi) is 1.84. The molecule has 2 aliphatic rings. The molecule has 0 spiro atoms. The second-order valence-corrected chi connectivity index (χ2v) is 4.85. The minimum Gasteiger partial charge on any atom is -0.376 e. The molecule has 0 aromatic heterocycles. The van der Waals surface area contributed by atoms with Gasteiger partial charge in [0.05, 0.1) is 18.0 Å². The average Bonchev–Trinajstić information content (AvgIpc) is 2.56. The van der Waals surface area contributed by atoms with Gasteiger partial charge < -0.3 is 4.74 Å². The van der Waals surface area contributed by atoms with E-state index in [4.69, 9.17) is 4.74 Å². The molecule has 0 radical (unpaired) electrons. The maximum Gasteiger partial charge on any atom is 0.0775 e. The van der Waals surface area contributed by atoms with E-state index >= 15 is 0 Å². The van der Waals surface area contributed by atoms with Crippen LogP contribution in [0.4, 0.5) is 0 Å². The van der Waals surface area contributed by atoms with Crippen molar-refractivity contribution in [3.05, 3.63) is 35.4 Å². The molecule has 0 bridgehead atoms. The molecule has 0 amide bonds. The lowest BCUT2D eigenvalue weighted by atomic mass is 10.1. The molecule has 1 aromatic rings. The summed E-state index contributed by atoms with van der Waals surface area (Å²) in [7, 11) is 0. The summed E-state index contributed by atoms with van der Waals surface area (Å²) in [5.74, 6) is 1.15. The Morgan fingerprint density at radius 3 is 3.23 bits per heavy atom. The van der Waals surface area contributed by atoms with Gasteiger partial charge in [0.25, 0.3) is 0 Å². The van der Waals surface area contributed by atoms with Gasteiger partial charge in [-0.1, -0.05) is 24.3 Å². The van der Waals surface area contributed by atoms with Crippen LogP contribution in [0.2, 0.25) is 0 Å². The van der Waals surface area contributed by atoms with Gasteiger partial charge in [-0.05, 0) is 11.1 Å². The molecule has 2 atom stereocenters. The zero-order valence-corrected chi connectivity index (χ0v) is 8.22. The first-order valence-electron chi connectivity index (χ1n) is 4.76. The van der Waals surface area contributed by atoms with Crippen LogP contribution in [-0.2, 0) is 11.2 Å².